The molecule has 0 aliphatic rings. The van der Waals surface area contributed by atoms with Crippen LogP contribution in [-0.4, -0.2) is 30.3 Å². The molecule has 0 aromatic carbocycles. The highest BCUT2D eigenvalue weighted by molar-refractivity contribution is 7.18. The van der Waals surface area contributed by atoms with Crippen LogP contribution in [0.3, 0.4) is 0 Å². The molecule has 0 bridgehead atoms. The first-order valence-corrected chi connectivity index (χ1v) is 9.76. The Morgan fingerprint density at radius 3 is 2.90 bits per heavy atom. The second-order valence-electron chi connectivity index (χ2n) is 6.44. The molecule has 154 valence electrons. The molecule has 0 fully saturated rings. The first-order valence-electron chi connectivity index (χ1n) is 8.94. The SMILES string of the molecule is CCc1cc2c(=O)n(NC(=O)c3ccc(Cn4cc([N+](=O)[O-])cn4)o3)c(C)nc2s1. The van der Waals surface area contributed by atoms with Crippen LogP contribution >= 0.6 is 11.3 Å². The van der Waals surface area contributed by atoms with Crippen LogP contribution in [0.25, 0.3) is 10.2 Å². The number of aryl methyl sites for hydroxylation is 2. The van der Waals surface area contributed by atoms with Crippen molar-refractivity contribution in [3.8, 4) is 0 Å². The van der Waals surface area contributed by atoms with Gasteiger partial charge in [-0.2, -0.15) is 5.10 Å². The normalized spacial score (nSPS) is 11.1. The number of nitrogens with zero attached hydrogens (tertiary/aromatic N) is 5. The minimum atomic E-state index is -0.620. The molecule has 1 amide bonds. The number of carbonyl (C=O) groups is 1. The smallest absolute Gasteiger partial charge is 0.307 e. The molecule has 30 heavy (non-hydrogen) atoms. The van der Waals surface area contributed by atoms with Gasteiger partial charge >= 0.3 is 11.6 Å². The predicted molar refractivity (Wildman–Crippen MR) is 108 cm³/mol. The van der Waals surface area contributed by atoms with Gasteiger partial charge < -0.3 is 4.42 Å². The lowest BCUT2D eigenvalue weighted by atomic mass is 10.3. The molecule has 4 aromatic rings. The number of nitrogens with one attached hydrogen (secondary N) is 1. The van der Waals surface area contributed by atoms with Crippen LogP contribution < -0.4 is 11.0 Å². The lowest BCUT2D eigenvalue weighted by Gasteiger charge is -2.09. The number of thiophene rings is 1. The molecule has 0 aliphatic carbocycles. The fraction of sp³-hybridized carbons (Fsp3) is 0.222. The summed E-state index contributed by atoms with van der Waals surface area (Å²) in [6.45, 7) is 3.74. The van der Waals surface area contributed by atoms with Gasteiger partial charge in [-0.15, -0.1) is 11.3 Å². The highest BCUT2D eigenvalue weighted by atomic mass is 32.1. The third-order valence-corrected chi connectivity index (χ3v) is 5.55. The van der Waals surface area contributed by atoms with Gasteiger partial charge in [0.05, 0.1) is 16.9 Å². The van der Waals surface area contributed by atoms with E-state index >= 15 is 0 Å². The summed E-state index contributed by atoms with van der Waals surface area (Å²) in [5.41, 5.74) is 2.01. The number of nitro groups is 1. The zero-order valence-corrected chi connectivity index (χ0v) is 16.8. The Hall–Kier alpha value is -3.80. The minimum absolute atomic E-state index is 0.0161. The third kappa shape index (κ3) is 3.59. The molecular weight excluding hydrogens is 412 g/mol. The maximum atomic E-state index is 12.8. The third-order valence-electron chi connectivity index (χ3n) is 4.38. The Kier molecular flexibility index (Phi) is 4.91. The molecule has 0 saturated heterocycles. The summed E-state index contributed by atoms with van der Waals surface area (Å²) < 4.78 is 7.92. The van der Waals surface area contributed by atoms with Crippen LogP contribution in [-0.2, 0) is 13.0 Å². The summed E-state index contributed by atoms with van der Waals surface area (Å²) >= 11 is 1.45. The molecule has 0 unspecified atom stereocenters. The number of amides is 1. The van der Waals surface area contributed by atoms with Crippen molar-refractivity contribution in [2.24, 2.45) is 0 Å². The van der Waals surface area contributed by atoms with E-state index in [1.165, 1.54) is 28.3 Å². The van der Waals surface area contributed by atoms with Crippen LogP contribution in [0, 0.1) is 17.0 Å². The Balaban J connectivity index is 1.54. The minimum Gasteiger partial charge on any atom is -0.454 e. The van der Waals surface area contributed by atoms with Crippen molar-refractivity contribution < 1.29 is 14.1 Å². The largest absolute Gasteiger partial charge is 0.454 e. The van der Waals surface area contributed by atoms with Crippen molar-refractivity contribution in [2.75, 3.05) is 5.43 Å². The van der Waals surface area contributed by atoms with E-state index in [0.29, 0.717) is 21.8 Å². The maximum Gasteiger partial charge on any atom is 0.307 e. The Labute approximate surface area is 172 Å². The molecule has 4 rings (SSSR count). The Morgan fingerprint density at radius 2 is 2.20 bits per heavy atom. The molecule has 0 spiro atoms. The van der Waals surface area contributed by atoms with Crippen LogP contribution in [0.5, 0.6) is 0 Å². The first kappa shape index (κ1) is 19.5. The van der Waals surface area contributed by atoms with Crippen LogP contribution in [0.1, 0.15) is 33.9 Å². The van der Waals surface area contributed by atoms with E-state index in [9.17, 15) is 19.7 Å². The first-order chi connectivity index (χ1) is 14.4. The molecule has 4 aromatic heterocycles. The summed E-state index contributed by atoms with van der Waals surface area (Å²) in [7, 11) is 0. The number of hydrogen-bond acceptors (Lipinski definition) is 8. The highest BCUT2D eigenvalue weighted by Gasteiger charge is 2.17. The van der Waals surface area contributed by atoms with Crippen molar-refractivity contribution >= 4 is 33.1 Å². The number of furan rings is 1. The van der Waals surface area contributed by atoms with E-state index in [0.717, 1.165) is 22.2 Å². The van der Waals surface area contributed by atoms with E-state index in [2.05, 4.69) is 15.5 Å². The summed E-state index contributed by atoms with van der Waals surface area (Å²) in [6.07, 6.45) is 3.18. The number of fused-ring (bicyclic) bond motifs is 1. The van der Waals surface area contributed by atoms with Crippen molar-refractivity contribution in [3.05, 3.63) is 73.3 Å². The molecule has 11 nitrogen and oxygen atoms in total. The average molecular weight is 428 g/mol. The monoisotopic (exact) mass is 428 g/mol. The van der Waals surface area contributed by atoms with E-state index in [-0.39, 0.29) is 23.6 Å². The average Bonchev–Trinajstić information content (AvgIpc) is 3.44. The molecular formula is C18H16N6O5S. The van der Waals surface area contributed by atoms with Gasteiger partial charge in [0.25, 0.3) is 5.56 Å². The summed E-state index contributed by atoms with van der Waals surface area (Å²) in [5, 5.41) is 15.1. The topological polar surface area (TPSA) is 138 Å². The van der Waals surface area contributed by atoms with E-state index in [1.54, 1.807) is 19.1 Å². The van der Waals surface area contributed by atoms with Gasteiger partial charge in [0.2, 0.25) is 0 Å². The molecule has 0 atom stereocenters. The fourth-order valence-corrected chi connectivity index (χ4v) is 3.88. The van der Waals surface area contributed by atoms with Crippen LogP contribution in [0.4, 0.5) is 5.69 Å². The Bertz CT molecular complexity index is 1330. The quantitative estimate of drug-likeness (QED) is 0.368. The van der Waals surface area contributed by atoms with Gasteiger partial charge in [-0.1, -0.05) is 6.92 Å². The second kappa shape index (κ2) is 7.55. The molecule has 12 heteroatoms. The fourth-order valence-electron chi connectivity index (χ4n) is 2.87. The molecule has 0 saturated carbocycles. The van der Waals surface area contributed by atoms with Gasteiger partial charge in [0.15, 0.2) is 5.76 Å². The van der Waals surface area contributed by atoms with Gasteiger partial charge in [0.1, 0.15) is 28.8 Å². The van der Waals surface area contributed by atoms with E-state index in [1.807, 2.05) is 6.92 Å². The Morgan fingerprint density at radius 1 is 1.40 bits per heavy atom. The van der Waals surface area contributed by atoms with Crippen molar-refractivity contribution in [1.82, 2.24) is 19.4 Å². The number of hydrogen-bond donors (Lipinski definition) is 1. The van der Waals surface area contributed by atoms with Crippen molar-refractivity contribution in [1.29, 1.82) is 0 Å². The number of rotatable bonds is 6. The standard InChI is InChI=1S/C18H16N6O5S/c1-3-13-6-14-17(30-13)20-10(2)23(18(14)26)21-16(25)15-5-4-12(29-15)9-22-8-11(7-19-22)24(27)28/h4-8H,3,9H2,1-2H3,(H,21,25). The van der Waals surface area contributed by atoms with E-state index in [4.69, 9.17) is 4.42 Å². The zero-order valence-electron chi connectivity index (χ0n) is 16.0. The van der Waals surface area contributed by atoms with Crippen molar-refractivity contribution in [3.63, 3.8) is 0 Å². The lowest BCUT2D eigenvalue weighted by Crippen LogP contribution is -2.35. The lowest BCUT2D eigenvalue weighted by molar-refractivity contribution is -0.385. The van der Waals surface area contributed by atoms with Gasteiger partial charge in [-0.05, 0) is 31.5 Å². The number of carbonyl (C=O) groups excluding carboxylic acids is 1. The van der Waals surface area contributed by atoms with Gasteiger partial charge in [0, 0.05) is 4.88 Å². The van der Waals surface area contributed by atoms with E-state index < -0.39 is 10.8 Å². The second-order valence-corrected chi connectivity index (χ2v) is 7.56. The summed E-state index contributed by atoms with van der Waals surface area (Å²) in [5.74, 6) is 0.0878. The number of aromatic nitrogens is 4. The maximum absolute atomic E-state index is 12.8. The summed E-state index contributed by atoms with van der Waals surface area (Å²) in [6, 6.07) is 4.80. The molecule has 4 heterocycles. The van der Waals surface area contributed by atoms with Crippen LogP contribution in [0.15, 0.2) is 39.8 Å². The van der Waals surface area contributed by atoms with Crippen LogP contribution in [0.2, 0.25) is 0 Å². The molecule has 0 aliphatic heterocycles. The molecule has 1 N–H and O–H groups in total. The molecule has 0 radical (unpaired) electrons. The highest BCUT2D eigenvalue weighted by Crippen LogP contribution is 2.21. The van der Waals surface area contributed by atoms with Gasteiger partial charge in [-0.25, -0.2) is 9.66 Å². The predicted octanol–water partition coefficient (Wildman–Crippen LogP) is 2.46. The van der Waals surface area contributed by atoms with Gasteiger partial charge in [-0.3, -0.25) is 29.8 Å². The zero-order chi connectivity index (χ0) is 21.4. The summed E-state index contributed by atoms with van der Waals surface area (Å²) in [4.78, 5) is 41.6. The van der Waals surface area contributed by atoms with Crippen molar-refractivity contribution in [2.45, 2.75) is 26.8 Å².